The first-order valence-corrected chi connectivity index (χ1v) is 14.7. The van der Waals surface area contributed by atoms with Crippen LogP contribution in [0.15, 0.2) is 48.5 Å². The van der Waals surface area contributed by atoms with Gasteiger partial charge < -0.3 is 15.1 Å². The first-order valence-electron chi connectivity index (χ1n) is 14.7. The van der Waals surface area contributed by atoms with Crippen LogP contribution in [0.4, 0.5) is 10.1 Å². The standard InChI is InChI=1S/C33H38FN5O4/c1-32(2,3)18-26(30(42)39-20-33(19-27(39)35-4)23-9-6-7-10-24(23)36-31(33)43)37(5)29(41)25(38-16-8-11-28(38)40)17-21-12-14-22(34)15-13-21/h6-7,9-10,12-15,25-27H,8,11,16-20H2,1-3,5H3,(H,36,43)/t25-,26-,27-,33-/m0/s1. The molecule has 2 fully saturated rings. The Kier molecular flexibility index (Phi) is 8.03. The van der Waals surface area contributed by atoms with Crippen LogP contribution in [0.5, 0.6) is 0 Å². The number of likely N-dealkylation sites (N-methyl/N-ethyl adjacent to an activating group) is 1. The Morgan fingerprint density at radius 2 is 1.86 bits per heavy atom. The van der Waals surface area contributed by atoms with E-state index in [1.54, 1.807) is 24.1 Å². The van der Waals surface area contributed by atoms with Gasteiger partial charge in [-0.3, -0.25) is 28.9 Å². The molecule has 2 saturated heterocycles. The number of carbonyl (C=O) groups is 4. The van der Waals surface area contributed by atoms with Gasteiger partial charge in [0, 0.05) is 38.7 Å². The molecule has 0 saturated carbocycles. The summed E-state index contributed by atoms with van der Waals surface area (Å²) in [4.78, 5) is 63.1. The summed E-state index contributed by atoms with van der Waals surface area (Å²) in [5, 5.41) is 2.91. The van der Waals surface area contributed by atoms with Gasteiger partial charge >= 0.3 is 6.17 Å². The minimum absolute atomic E-state index is 0.0357. The molecule has 43 heavy (non-hydrogen) atoms. The lowest BCUT2D eigenvalue weighted by Gasteiger charge is -2.38. The number of rotatable bonds is 7. The molecule has 226 valence electrons. The van der Waals surface area contributed by atoms with Crippen LogP contribution in [0.2, 0.25) is 0 Å². The molecule has 4 atom stereocenters. The number of hydrogen-bond donors (Lipinski definition) is 1. The molecule has 2 aromatic rings. The lowest BCUT2D eigenvalue weighted by molar-refractivity contribution is -0.150. The summed E-state index contributed by atoms with van der Waals surface area (Å²) in [6.45, 7) is 14.3. The molecule has 9 nitrogen and oxygen atoms in total. The number of fused-ring (bicyclic) bond motifs is 2. The van der Waals surface area contributed by atoms with Gasteiger partial charge in [-0.2, -0.15) is 0 Å². The van der Waals surface area contributed by atoms with Crippen molar-refractivity contribution in [2.24, 2.45) is 5.41 Å². The van der Waals surface area contributed by atoms with E-state index in [1.807, 2.05) is 45.0 Å². The summed E-state index contributed by atoms with van der Waals surface area (Å²) in [7, 11) is 1.57. The molecule has 4 amide bonds. The topological polar surface area (TPSA) is 94.4 Å². The van der Waals surface area contributed by atoms with E-state index in [1.165, 1.54) is 21.9 Å². The van der Waals surface area contributed by atoms with Gasteiger partial charge in [0.05, 0.1) is 6.42 Å². The van der Waals surface area contributed by atoms with Crippen LogP contribution in [0.25, 0.3) is 4.85 Å². The van der Waals surface area contributed by atoms with Crippen molar-refractivity contribution in [3.8, 4) is 0 Å². The fourth-order valence-corrected chi connectivity index (χ4v) is 6.68. The minimum Gasteiger partial charge on any atom is -0.332 e. The smallest absolute Gasteiger partial charge is 0.302 e. The number of para-hydroxylation sites is 1. The highest BCUT2D eigenvalue weighted by molar-refractivity contribution is 6.07. The number of nitrogens with zero attached hydrogens (tertiary/aromatic N) is 4. The second kappa shape index (κ2) is 11.4. The molecule has 0 radical (unpaired) electrons. The molecule has 3 heterocycles. The van der Waals surface area contributed by atoms with Crippen LogP contribution < -0.4 is 5.32 Å². The Morgan fingerprint density at radius 1 is 1.16 bits per heavy atom. The first-order chi connectivity index (χ1) is 20.3. The second-order valence-corrected chi connectivity index (χ2v) is 13.1. The summed E-state index contributed by atoms with van der Waals surface area (Å²) in [6.07, 6.45) is 0.757. The SMILES string of the molecule is [C-]#[N+][C@@H]1C[C@@]2(CN1C(=O)[C@H](CC(C)(C)C)N(C)C(=O)[C@H](Cc1ccc(F)cc1)N1CCCC1=O)C(=O)Nc1ccccc12. The lowest BCUT2D eigenvalue weighted by atomic mass is 9.80. The Morgan fingerprint density at radius 3 is 2.49 bits per heavy atom. The maximum absolute atomic E-state index is 14.4. The summed E-state index contributed by atoms with van der Waals surface area (Å²) in [5.41, 5.74) is 0.749. The highest BCUT2D eigenvalue weighted by Gasteiger charge is 2.59. The average Bonchev–Trinajstić information content (AvgIpc) is 3.65. The maximum atomic E-state index is 14.4. The van der Waals surface area contributed by atoms with Crippen molar-refractivity contribution in [1.29, 1.82) is 0 Å². The molecule has 0 bridgehead atoms. The zero-order chi connectivity index (χ0) is 31.1. The number of hydrogen-bond acceptors (Lipinski definition) is 4. The lowest BCUT2D eigenvalue weighted by Crippen LogP contribution is -2.57. The third kappa shape index (κ3) is 5.73. The van der Waals surface area contributed by atoms with E-state index >= 15 is 0 Å². The van der Waals surface area contributed by atoms with E-state index in [0.717, 1.165) is 5.56 Å². The molecule has 1 N–H and O–H groups in total. The van der Waals surface area contributed by atoms with Gasteiger partial charge in [0.15, 0.2) is 0 Å². The number of amides is 4. The van der Waals surface area contributed by atoms with Gasteiger partial charge in [-0.1, -0.05) is 51.1 Å². The first kappa shape index (κ1) is 30.2. The Hall–Kier alpha value is -4.26. The Labute approximate surface area is 251 Å². The monoisotopic (exact) mass is 587 g/mol. The van der Waals surface area contributed by atoms with Crippen molar-refractivity contribution in [3.05, 3.63) is 76.9 Å². The van der Waals surface area contributed by atoms with Gasteiger partial charge in [-0.05, 0) is 47.6 Å². The second-order valence-electron chi connectivity index (χ2n) is 13.1. The Bertz CT molecular complexity index is 1480. The van der Waals surface area contributed by atoms with E-state index in [-0.39, 0.29) is 42.5 Å². The molecular formula is C33H38FN5O4. The predicted molar refractivity (Wildman–Crippen MR) is 159 cm³/mol. The molecule has 3 aliphatic rings. The maximum Gasteiger partial charge on any atom is 0.302 e. The number of likely N-dealkylation sites (tertiary alicyclic amines) is 2. The van der Waals surface area contributed by atoms with E-state index in [0.29, 0.717) is 37.1 Å². The fraction of sp³-hybridized carbons (Fsp3) is 0.485. The van der Waals surface area contributed by atoms with Crippen molar-refractivity contribution in [3.63, 3.8) is 0 Å². The molecule has 0 aromatic heterocycles. The quantitative estimate of drug-likeness (QED) is 0.496. The minimum atomic E-state index is -1.04. The summed E-state index contributed by atoms with van der Waals surface area (Å²) < 4.78 is 13.6. The predicted octanol–water partition coefficient (Wildman–Crippen LogP) is 3.99. The van der Waals surface area contributed by atoms with Crippen LogP contribution in [0.3, 0.4) is 0 Å². The van der Waals surface area contributed by atoms with Gasteiger partial charge in [-0.15, -0.1) is 0 Å². The molecule has 3 aliphatic heterocycles. The molecule has 10 heteroatoms. The van der Waals surface area contributed by atoms with E-state index in [2.05, 4.69) is 10.2 Å². The van der Waals surface area contributed by atoms with Gasteiger partial charge in [0.25, 0.3) is 5.91 Å². The molecule has 0 aliphatic carbocycles. The molecule has 5 rings (SSSR count). The number of anilines is 1. The summed E-state index contributed by atoms with van der Waals surface area (Å²) >= 11 is 0. The molecule has 1 spiro atoms. The zero-order valence-electron chi connectivity index (χ0n) is 25.1. The van der Waals surface area contributed by atoms with Crippen molar-refractivity contribution >= 4 is 29.3 Å². The summed E-state index contributed by atoms with van der Waals surface area (Å²) in [6, 6.07) is 11.4. The fourth-order valence-electron chi connectivity index (χ4n) is 6.68. The van der Waals surface area contributed by atoms with Crippen LogP contribution in [-0.2, 0) is 31.0 Å². The van der Waals surface area contributed by atoms with Crippen LogP contribution in [0.1, 0.15) is 57.6 Å². The van der Waals surface area contributed by atoms with Crippen LogP contribution in [-0.4, -0.2) is 76.7 Å². The van der Waals surface area contributed by atoms with Crippen molar-refractivity contribution in [1.82, 2.24) is 14.7 Å². The molecular weight excluding hydrogens is 549 g/mol. The van der Waals surface area contributed by atoms with Gasteiger partial charge in [0.2, 0.25) is 17.7 Å². The van der Waals surface area contributed by atoms with Crippen molar-refractivity contribution in [2.45, 2.75) is 76.5 Å². The normalized spacial score (nSPS) is 22.7. The Balaban J connectivity index is 1.47. The molecule has 2 aromatic carbocycles. The van der Waals surface area contributed by atoms with Crippen LogP contribution in [0, 0.1) is 17.8 Å². The average molecular weight is 588 g/mol. The summed E-state index contributed by atoms with van der Waals surface area (Å²) in [5.74, 6) is -1.55. The number of carbonyl (C=O) groups excluding carboxylic acids is 4. The highest BCUT2D eigenvalue weighted by atomic mass is 19.1. The van der Waals surface area contributed by atoms with Gasteiger partial charge in [-0.25, -0.2) is 11.0 Å². The highest BCUT2D eigenvalue weighted by Crippen LogP contribution is 2.47. The largest absolute Gasteiger partial charge is 0.332 e. The number of nitrogens with one attached hydrogen (secondary N) is 1. The van der Waals surface area contributed by atoms with E-state index < -0.39 is 35.4 Å². The van der Waals surface area contributed by atoms with Crippen molar-refractivity contribution < 1.29 is 23.6 Å². The number of benzene rings is 2. The third-order valence-electron chi connectivity index (χ3n) is 8.91. The van der Waals surface area contributed by atoms with Gasteiger partial charge in [0.1, 0.15) is 23.3 Å². The third-order valence-corrected chi connectivity index (χ3v) is 8.91. The van der Waals surface area contributed by atoms with Crippen LogP contribution >= 0.6 is 0 Å². The van der Waals surface area contributed by atoms with Crippen molar-refractivity contribution in [2.75, 3.05) is 25.5 Å². The van der Waals surface area contributed by atoms with E-state index in [4.69, 9.17) is 6.57 Å². The molecule has 0 unspecified atom stereocenters. The van der Waals surface area contributed by atoms with E-state index in [9.17, 15) is 23.6 Å². The zero-order valence-corrected chi connectivity index (χ0v) is 25.1. The number of halogens is 1.